The van der Waals surface area contributed by atoms with Gasteiger partial charge in [0.05, 0.1) is 23.7 Å². The van der Waals surface area contributed by atoms with E-state index in [1.807, 2.05) is 6.07 Å². The highest BCUT2D eigenvalue weighted by Gasteiger charge is 2.04. The zero-order valence-electron chi connectivity index (χ0n) is 10.9. The van der Waals surface area contributed by atoms with Crippen molar-refractivity contribution in [3.05, 3.63) is 33.8 Å². The number of aliphatic carboxylic acids is 2. The number of nitrogens with one attached hydrogen (secondary N) is 1. The second kappa shape index (κ2) is 9.98. The van der Waals surface area contributed by atoms with Crippen molar-refractivity contribution in [3.63, 3.8) is 0 Å². The summed E-state index contributed by atoms with van der Waals surface area (Å²) < 4.78 is 4.48. The van der Waals surface area contributed by atoms with Crippen molar-refractivity contribution >= 4 is 41.1 Å². The molecule has 0 radical (unpaired) electrons. The van der Waals surface area contributed by atoms with Gasteiger partial charge in [-0.3, -0.25) is 4.79 Å². The van der Waals surface area contributed by atoms with E-state index in [9.17, 15) is 4.79 Å². The van der Waals surface area contributed by atoms with Crippen LogP contribution in [0.5, 0.6) is 0 Å². The van der Waals surface area contributed by atoms with Crippen LogP contribution in [0.2, 0.25) is 10.0 Å². The third-order valence-electron chi connectivity index (χ3n) is 1.99. The van der Waals surface area contributed by atoms with Gasteiger partial charge in [0.25, 0.3) is 0 Å². The summed E-state index contributed by atoms with van der Waals surface area (Å²) in [5.41, 5.74) is 0.966. The maximum atomic E-state index is 10.8. The van der Waals surface area contributed by atoms with Gasteiger partial charge < -0.3 is 20.3 Å². The molecule has 0 heterocycles. The molecule has 0 fully saturated rings. The molecular weight excluding hydrogens is 325 g/mol. The second-order valence-electron chi connectivity index (χ2n) is 3.54. The summed E-state index contributed by atoms with van der Waals surface area (Å²) in [5.74, 6) is -3.94. The first-order chi connectivity index (χ1) is 9.77. The number of rotatable bonds is 4. The molecular formula is C12H13Cl2NO6. The Morgan fingerprint density at radius 1 is 1.14 bits per heavy atom. The monoisotopic (exact) mass is 337 g/mol. The molecule has 9 heteroatoms. The lowest BCUT2D eigenvalue weighted by molar-refractivity contribution is -0.159. The predicted molar refractivity (Wildman–Crippen MR) is 75.5 cm³/mol. The maximum Gasteiger partial charge on any atom is 0.414 e. The van der Waals surface area contributed by atoms with Crippen LogP contribution >= 0.6 is 23.2 Å². The molecule has 1 aromatic rings. The Morgan fingerprint density at radius 2 is 1.71 bits per heavy atom. The Kier molecular flexibility index (Phi) is 9.11. The van der Waals surface area contributed by atoms with Crippen LogP contribution in [0, 0.1) is 0 Å². The zero-order chi connectivity index (χ0) is 16.4. The van der Waals surface area contributed by atoms with Crippen molar-refractivity contribution in [1.29, 1.82) is 0 Å². The van der Waals surface area contributed by atoms with Crippen LogP contribution < -0.4 is 5.32 Å². The number of methoxy groups -OCH3 is 1. The minimum Gasteiger partial charge on any atom is -0.473 e. The highest BCUT2D eigenvalue weighted by molar-refractivity contribution is 6.42. The third-order valence-corrected chi connectivity index (χ3v) is 2.73. The van der Waals surface area contributed by atoms with Crippen LogP contribution in [0.4, 0.5) is 0 Å². The van der Waals surface area contributed by atoms with Crippen LogP contribution in [0.3, 0.4) is 0 Å². The second-order valence-corrected chi connectivity index (χ2v) is 4.35. The molecule has 0 aliphatic carbocycles. The molecule has 21 heavy (non-hydrogen) atoms. The van der Waals surface area contributed by atoms with E-state index in [0.717, 1.165) is 5.56 Å². The van der Waals surface area contributed by atoms with E-state index in [1.54, 1.807) is 12.1 Å². The fourth-order valence-electron chi connectivity index (χ4n) is 1.03. The first-order valence-electron chi connectivity index (χ1n) is 5.45. The summed E-state index contributed by atoms with van der Waals surface area (Å²) in [6, 6.07) is 5.33. The Morgan fingerprint density at radius 3 is 2.14 bits per heavy atom. The van der Waals surface area contributed by atoms with Crippen molar-refractivity contribution in [2.45, 2.75) is 6.54 Å². The minimum absolute atomic E-state index is 0.177. The largest absolute Gasteiger partial charge is 0.473 e. The predicted octanol–water partition coefficient (Wildman–Crippen LogP) is 1.41. The first-order valence-corrected chi connectivity index (χ1v) is 6.21. The molecule has 3 N–H and O–H groups in total. The molecule has 0 saturated carbocycles. The molecule has 0 aliphatic heterocycles. The number of carboxylic acid groups (broad SMARTS) is 2. The number of carboxylic acids is 2. The zero-order valence-corrected chi connectivity index (χ0v) is 12.4. The fourth-order valence-corrected chi connectivity index (χ4v) is 1.35. The number of carbonyl (C=O) groups excluding carboxylic acids is 1. The Hall–Kier alpha value is -1.83. The Balaban J connectivity index is 0.000000567. The molecule has 0 atom stereocenters. The number of ether oxygens (including phenoxy) is 1. The molecule has 0 spiro atoms. The van der Waals surface area contributed by atoms with Crippen LogP contribution in [0.15, 0.2) is 18.2 Å². The molecule has 1 aromatic carbocycles. The van der Waals surface area contributed by atoms with Crippen LogP contribution in [0.25, 0.3) is 0 Å². The highest BCUT2D eigenvalue weighted by atomic mass is 35.5. The fraction of sp³-hybridized carbons (Fsp3) is 0.250. The summed E-state index contributed by atoms with van der Waals surface area (Å²) >= 11 is 11.6. The lowest BCUT2D eigenvalue weighted by Gasteiger charge is -2.04. The summed E-state index contributed by atoms with van der Waals surface area (Å²) in [4.78, 5) is 29.0. The summed E-state index contributed by atoms with van der Waals surface area (Å²) in [7, 11) is 1.35. The smallest absolute Gasteiger partial charge is 0.414 e. The van der Waals surface area contributed by atoms with Gasteiger partial charge in [0.1, 0.15) is 0 Å². The van der Waals surface area contributed by atoms with Crippen molar-refractivity contribution < 1.29 is 29.3 Å². The Bertz CT molecular complexity index is 508. The number of esters is 1. The van der Waals surface area contributed by atoms with Gasteiger partial charge in [0, 0.05) is 6.54 Å². The SMILES string of the molecule is COC(=O)CNCc1ccc(Cl)c(Cl)c1.O=C(O)C(=O)O. The molecule has 0 amide bonds. The molecule has 116 valence electrons. The van der Waals surface area contributed by atoms with Crippen LogP contribution in [-0.4, -0.2) is 41.8 Å². The summed E-state index contributed by atoms with van der Waals surface area (Å²) in [6.07, 6.45) is 0. The number of hydrogen-bond donors (Lipinski definition) is 3. The van der Waals surface area contributed by atoms with Crippen LogP contribution in [0.1, 0.15) is 5.56 Å². The van der Waals surface area contributed by atoms with Crippen molar-refractivity contribution in [2.24, 2.45) is 0 Å². The normalized spacial score (nSPS) is 9.29. The molecule has 0 bridgehead atoms. The molecule has 0 aromatic heterocycles. The third kappa shape index (κ3) is 8.85. The quantitative estimate of drug-likeness (QED) is 0.562. The lowest BCUT2D eigenvalue weighted by Crippen LogP contribution is -2.23. The molecule has 0 saturated heterocycles. The van der Waals surface area contributed by atoms with Gasteiger partial charge in [-0.25, -0.2) is 9.59 Å². The molecule has 0 aliphatic rings. The summed E-state index contributed by atoms with van der Waals surface area (Å²) in [6.45, 7) is 0.725. The van der Waals surface area contributed by atoms with Gasteiger partial charge in [-0.1, -0.05) is 29.3 Å². The lowest BCUT2D eigenvalue weighted by atomic mass is 10.2. The van der Waals surface area contributed by atoms with Gasteiger partial charge in [-0.2, -0.15) is 0 Å². The molecule has 0 unspecified atom stereocenters. The standard InChI is InChI=1S/C10H11Cl2NO2.C2H2O4/c1-15-10(14)6-13-5-7-2-3-8(11)9(12)4-7;3-1(4)2(5)6/h2-4,13H,5-6H2,1H3;(H,3,4)(H,5,6). The van der Waals surface area contributed by atoms with E-state index >= 15 is 0 Å². The Labute approximate surface area is 130 Å². The topological polar surface area (TPSA) is 113 Å². The highest BCUT2D eigenvalue weighted by Crippen LogP contribution is 2.22. The van der Waals surface area contributed by atoms with E-state index in [2.05, 4.69) is 10.1 Å². The maximum absolute atomic E-state index is 10.8. The molecule has 1 rings (SSSR count). The van der Waals surface area contributed by atoms with Gasteiger partial charge in [0.15, 0.2) is 0 Å². The van der Waals surface area contributed by atoms with Gasteiger partial charge >= 0.3 is 17.9 Å². The number of carbonyl (C=O) groups is 3. The van der Waals surface area contributed by atoms with Gasteiger partial charge in [-0.15, -0.1) is 0 Å². The van der Waals surface area contributed by atoms with Crippen molar-refractivity contribution in [3.8, 4) is 0 Å². The van der Waals surface area contributed by atoms with E-state index in [4.69, 9.17) is 43.0 Å². The van der Waals surface area contributed by atoms with E-state index in [0.29, 0.717) is 16.6 Å². The minimum atomic E-state index is -1.82. The van der Waals surface area contributed by atoms with Gasteiger partial charge in [0.2, 0.25) is 0 Å². The van der Waals surface area contributed by atoms with Crippen molar-refractivity contribution in [1.82, 2.24) is 5.32 Å². The van der Waals surface area contributed by atoms with Crippen molar-refractivity contribution in [2.75, 3.05) is 13.7 Å². The van der Waals surface area contributed by atoms with E-state index in [1.165, 1.54) is 7.11 Å². The summed E-state index contributed by atoms with van der Waals surface area (Å²) in [5, 5.41) is 18.7. The number of hydrogen-bond acceptors (Lipinski definition) is 5. The first kappa shape index (κ1) is 19.2. The van der Waals surface area contributed by atoms with E-state index in [-0.39, 0.29) is 12.5 Å². The number of benzene rings is 1. The van der Waals surface area contributed by atoms with Crippen LogP contribution in [-0.2, 0) is 25.7 Å². The average Bonchev–Trinajstić information content (AvgIpc) is 2.43. The number of halogens is 2. The molecule has 7 nitrogen and oxygen atoms in total. The van der Waals surface area contributed by atoms with Gasteiger partial charge in [-0.05, 0) is 17.7 Å². The average molecular weight is 338 g/mol. The van der Waals surface area contributed by atoms with E-state index < -0.39 is 11.9 Å².